The Morgan fingerprint density at radius 3 is 2.48 bits per heavy atom. The quantitative estimate of drug-likeness (QED) is 0.846. The van der Waals surface area contributed by atoms with Crippen LogP contribution in [0.2, 0.25) is 0 Å². The van der Waals surface area contributed by atoms with Gasteiger partial charge >= 0.3 is 0 Å². The van der Waals surface area contributed by atoms with Crippen LogP contribution in [0, 0.1) is 16.7 Å². The van der Waals surface area contributed by atoms with Gasteiger partial charge in [0.2, 0.25) is 0 Å². The molecule has 0 radical (unpaired) electrons. The van der Waals surface area contributed by atoms with Crippen LogP contribution in [0.25, 0.3) is 0 Å². The van der Waals surface area contributed by atoms with Gasteiger partial charge in [-0.2, -0.15) is 0 Å². The number of nitrogens with one attached hydrogen (secondary N) is 1. The molecule has 2 bridgehead atoms. The molecule has 2 atom stereocenters. The van der Waals surface area contributed by atoms with Gasteiger partial charge in [-0.05, 0) is 36.3 Å². The number of allylic oxidation sites excluding steroid dienone is 1. The Kier molecular flexibility index (Phi) is 3.05. The number of hydrogen-bond donors (Lipinski definition) is 1. The zero-order valence-electron chi connectivity index (χ0n) is 12.8. The smallest absolute Gasteiger partial charge is 0.255 e. The normalized spacial score (nSPS) is 31.7. The number of rotatable bonds is 2. The molecule has 0 heterocycles. The predicted octanol–water partition coefficient (Wildman–Crippen LogP) is 3.33. The third-order valence-electron chi connectivity index (χ3n) is 5.76. The number of ketones is 1. The molecule has 2 fully saturated rings. The maximum atomic E-state index is 12.6. The zero-order chi connectivity index (χ0) is 15.3. The molecule has 1 N–H and O–H groups in total. The number of carbonyl (C=O) groups is 2. The van der Waals surface area contributed by atoms with E-state index in [1.54, 1.807) is 18.3 Å². The number of carbonyl (C=O) groups excluding carboxylic acids is 2. The Balaban J connectivity index is 1.83. The third-order valence-corrected chi connectivity index (χ3v) is 5.76. The Bertz CT molecular complexity index is 630. The average Bonchev–Trinajstić information content (AvgIpc) is 2.78. The van der Waals surface area contributed by atoms with Crippen molar-refractivity contribution in [3.8, 4) is 0 Å². The van der Waals surface area contributed by atoms with Gasteiger partial charge in [0.25, 0.3) is 5.91 Å². The van der Waals surface area contributed by atoms with Gasteiger partial charge in [0.1, 0.15) is 0 Å². The molecule has 110 valence electrons. The van der Waals surface area contributed by atoms with Crippen molar-refractivity contribution in [2.45, 2.75) is 33.6 Å². The van der Waals surface area contributed by atoms with Gasteiger partial charge < -0.3 is 5.32 Å². The highest BCUT2D eigenvalue weighted by atomic mass is 16.1. The molecule has 2 aliphatic rings. The first kappa shape index (κ1) is 14.1. The summed E-state index contributed by atoms with van der Waals surface area (Å²) < 4.78 is 0. The summed E-state index contributed by atoms with van der Waals surface area (Å²) in [6.07, 6.45) is 3.63. The number of hydrogen-bond acceptors (Lipinski definition) is 2. The summed E-state index contributed by atoms with van der Waals surface area (Å²) in [4.78, 5) is 24.7. The first-order valence-corrected chi connectivity index (χ1v) is 7.49. The molecule has 0 saturated heterocycles. The molecular formula is C18H21NO2. The number of Topliss-reactive ketones (excluding diaryl/α,β-unsaturated/α-hetero) is 1. The van der Waals surface area contributed by atoms with Crippen molar-refractivity contribution < 1.29 is 9.59 Å². The Labute approximate surface area is 125 Å². The number of fused-ring (bicyclic) bond motifs is 2. The highest BCUT2D eigenvalue weighted by Crippen LogP contribution is 2.65. The summed E-state index contributed by atoms with van der Waals surface area (Å²) >= 11 is 0. The molecule has 21 heavy (non-hydrogen) atoms. The van der Waals surface area contributed by atoms with Crippen molar-refractivity contribution in [3.05, 3.63) is 47.7 Å². The molecule has 0 unspecified atom stereocenters. The monoisotopic (exact) mass is 283 g/mol. The summed E-state index contributed by atoms with van der Waals surface area (Å²) in [5.74, 6) is 0.296. The minimum atomic E-state index is -0.277. The van der Waals surface area contributed by atoms with E-state index in [4.69, 9.17) is 0 Å². The van der Waals surface area contributed by atoms with Crippen molar-refractivity contribution in [2.75, 3.05) is 0 Å². The van der Waals surface area contributed by atoms with Crippen LogP contribution in [0.5, 0.6) is 0 Å². The molecule has 0 aromatic heterocycles. The predicted molar refractivity (Wildman–Crippen MR) is 81.6 cm³/mol. The topological polar surface area (TPSA) is 46.2 Å². The van der Waals surface area contributed by atoms with E-state index in [1.165, 1.54) is 0 Å². The summed E-state index contributed by atoms with van der Waals surface area (Å²) in [5.41, 5.74) is 1.10. The molecular weight excluding hydrogens is 262 g/mol. The van der Waals surface area contributed by atoms with Crippen LogP contribution in [0.15, 0.2) is 42.1 Å². The fourth-order valence-corrected chi connectivity index (χ4v) is 3.91. The molecule has 2 aliphatic carbocycles. The van der Waals surface area contributed by atoms with Crippen LogP contribution >= 0.6 is 0 Å². The van der Waals surface area contributed by atoms with Crippen molar-refractivity contribution in [1.29, 1.82) is 0 Å². The van der Waals surface area contributed by atoms with E-state index < -0.39 is 0 Å². The minimum Gasteiger partial charge on any atom is -0.328 e. The van der Waals surface area contributed by atoms with Crippen LogP contribution in [0.1, 0.15) is 44.0 Å². The van der Waals surface area contributed by atoms with Crippen LogP contribution in [0.4, 0.5) is 0 Å². The molecule has 2 saturated carbocycles. The summed E-state index contributed by atoms with van der Waals surface area (Å²) in [6.45, 7) is 6.40. The van der Waals surface area contributed by atoms with E-state index in [9.17, 15) is 9.59 Å². The summed E-state index contributed by atoms with van der Waals surface area (Å²) in [5, 5.41) is 2.79. The number of benzene rings is 1. The summed E-state index contributed by atoms with van der Waals surface area (Å²) in [6, 6.07) is 9.06. The van der Waals surface area contributed by atoms with E-state index in [-0.39, 0.29) is 28.4 Å². The molecule has 3 nitrogen and oxygen atoms in total. The second-order valence-corrected chi connectivity index (χ2v) is 6.91. The van der Waals surface area contributed by atoms with Gasteiger partial charge in [-0.15, -0.1) is 0 Å². The van der Waals surface area contributed by atoms with E-state index in [0.29, 0.717) is 5.56 Å². The third kappa shape index (κ3) is 1.87. The van der Waals surface area contributed by atoms with Gasteiger partial charge in [-0.25, -0.2) is 0 Å². The second-order valence-electron chi connectivity index (χ2n) is 6.91. The van der Waals surface area contributed by atoms with Gasteiger partial charge in [-0.1, -0.05) is 39.0 Å². The molecule has 3 rings (SSSR count). The lowest BCUT2D eigenvalue weighted by Gasteiger charge is -2.31. The Morgan fingerprint density at radius 1 is 1.24 bits per heavy atom. The first-order valence-electron chi connectivity index (χ1n) is 7.49. The van der Waals surface area contributed by atoms with Crippen molar-refractivity contribution in [2.24, 2.45) is 16.7 Å². The molecule has 1 aromatic rings. The number of amides is 1. The van der Waals surface area contributed by atoms with E-state index in [1.807, 2.05) is 18.2 Å². The van der Waals surface area contributed by atoms with Crippen molar-refractivity contribution in [1.82, 2.24) is 5.32 Å². The van der Waals surface area contributed by atoms with Crippen molar-refractivity contribution in [3.63, 3.8) is 0 Å². The highest BCUT2D eigenvalue weighted by Gasteiger charge is 2.63. The van der Waals surface area contributed by atoms with Gasteiger partial charge in [0, 0.05) is 22.8 Å². The maximum absolute atomic E-state index is 12.6. The second kappa shape index (κ2) is 4.55. The SMILES string of the molecule is CC1(C)[C@@H]2CC[C@]1(C)C(=O)/C2=C/NC(=O)c1ccccc1. The van der Waals surface area contributed by atoms with Crippen LogP contribution in [-0.2, 0) is 4.79 Å². The van der Waals surface area contributed by atoms with E-state index >= 15 is 0 Å². The van der Waals surface area contributed by atoms with Crippen LogP contribution in [-0.4, -0.2) is 11.7 Å². The van der Waals surface area contributed by atoms with Gasteiger partial charge in [0.05, 0.1) is 0 Å². The van der Waals surface area contributed by atoms with Crippen molar-refractivity contribution >= 4 is 11.7 Å². The Hall–Kier alpha value is -1.90. The maximum Gasteiger partial charge on any atom is 0.255 e. The van der Waals surface area contributed by atoms with E-state index in [2.05, 4.69) is 26.1 Å². The van der Waals surface area contributed by atoms with E-state index in [0.717, 1.165) is 18.4 Å². The molecule has 0 spiro atoms. The van der Waals surface area contributed by atoms with Gasteiger partial charge in [0.15, 0.2) is 5.78 Å². The fraction of sp³-hybridized carbons (Fsp3) is 0.444. The average molecular weight is 283 g/mol. The van der Waals surface area contributed by atoms with Gasteiger partial charge in [-0.3, -0.25) is 9.59 Å². The molecule has 3 heteroatoms. The fourth-order valence-electron chi connectivity index (χ4n) is 3.91. The largest absolute Gasteiger partial charge is 0.328 e. The summed E-state index contributed by atoms with van der Waals surface area (Å²) in [7, 11) is 0. The lowest BCUT2D eigenvalue weighted by molar-refractivity contribution is -0.125. The Morgan fingerprint density at radius 2 is 1.90 bits per heavy atom. The lowest BCUT2D eigenvalue weighted by atomic mass is 9.70. The van der Waals surface area contributed by atoms with Crippen LogP contribution in [0.3, 0.4) is 0 Å². The molecule has 0 aliphatic heterocycles. The molecule has 1 amide bonds. The van der Waals surface area contributed by atoms with Crippen LogP contribution < -0.4 is 5.32 Å². The minimum absolute atomic E-state index is 0.0204. The first-order chi connectivity index (χ1) is 9.88. The zero-order valence-corrected chi connectivity index (χ0v) is 12.8. The highest BCUT2D eigenvalue weighted by molar-refractivity contribution is 6.05. The lowest BCUT2D eigenvalue weighted by Crippen LogP contribution is -2.32. The molecule has 1 aromatic carbocycles. The standard InChI is InChI=1S/C18H21NO2/c1-17(2)14-9-10-18(17,3)15(20)13(14)11-19-16(21)12-7-5-4-6-8-12/h4-8,11,14H,9-10H2,1-3H3,(H,19,21)/b13-11+/t14-,18-/m1/s1.